The van der Waals surface area contributed by atoms with Crippen molar-refractivity contribution in [2.45, 2.75) is 117 Å². The summed E-state index contributed by atoms with van der Waals surface area (Å²) in [6.45, 7) is 5.09. The van der Waals surface area contributed by atoms with Crippen molar-refractivity contribution in [1.82, 2.24) is 0 Å². The summed E-state index contributed by atoms with van der Waals surface area (Å²) in [5, 5.41) is 0. The number of hydrogen-bond acceptors (Lipinski definition) is 0. The minimum absolute atomic E-state index is 0.734. The first kappa shape index (κ1) is 17.4. The molecule has 0 aliphatic heterocycles. The lowest BCUT2D eigenvalue weighted by Crippen LogP contribution is -2.52. The Morgan fingerprint density at radius 1 is 0.750 bits per heavy atom. The molecule has 0 aromatic rings. The van der Waals surface area contributed by atoms with Crippen molar-refractivity contribution in [3.8, 4) is 0 Å². The Bertz CT molecular complexity index is 426. The zero-order valence-electron chi connectivity index (χ0n) is 16.6. The highest BCUT2D eigenvalue weighted by Crippen LogP contribution is 2.67. The number of hydrogen-bond donors (Lipinski definition) is 0. The predicted molar refractivity (Wildman–Crippen MR) is 104 cm³/mol. The maximum atomic E-state index is 2.73. The molecule has 24 heavy (non-hydrogen) atoms. The Hall–Kier alpha value is 0. The van der Waals surface area contributed by atoms with Gasteiger partial charge in [-0.15, -0.1) is 0 Å². The van der Waals surface area contributed by atoms with E-state index >= 15 is 0 Å². The van der Waals surface area contributed by atoms with Crippen molar-refractivity contribution in [1.29, 1.82) is 0 Å². The molecule has 4 aliphatic carbocycles. The Morgan fingerprint density at radius 2 is 1.67 bits per heavy atom. The summed E-state index contributed by atoms with van der Waals surface area (Å²) in [4.78, 5) is 0. The lowest BCUT2D eigenvalue weighted by atomic mass is 9.45. The van der Waals surface area contributed by atoms with E-state index in [2.05, 4.69) is 13.8 Å². The molecule has 0 saturated heterocycles. The van der Waals surface area contributed by atoms with Crippen molar-refractivity contribution in [2.75, 3.05) is 0 Å². The first-order valence-electron chi connectivity index (χ1n) is 11.7. The van der Waals surface area contributed by atoms with Gasteiger partial charge < -0.3 is 0 Å². The first-order chi connectivity index (χ1) is 11.7. The van der Waals surface area contributed by atoms with Gasteiger partial charge in [0.2, 0.25) is 0 Å². The van der Waals surface area contributed by atoms with Gasteiger partial charge in [0.05, 0.1) is 0 Å². The lowest BCUT2D eigenvalue weighted by molar-refractivity contribution is -0.109. The molecule has 0 amide bonds. The number of unbranched alkanes of at least 4 members (excludes halogenated alkanes) is 3. The third-order valence-corrected chi connectivity index (χ3v) is 9.64. The van der Waals surface area contributed by atoms with Crippen LogP contribution in [0.2, 0.25) is 0 Å². The molecule has 6 atom stereocenters. The second-order valence-corrected chi connectivity index (χ2v) is 10.5. The Morgan fingerprint density at radius 3 is 2.54 bits per heavy atom. The van der Waals surface area contributed by atoms with Crippen LogP contribution in [0.5, 0.6) is 0 Å². The van der Waals surface area contributed by atoms with E-state index in [0.717, 1.165) is 34.5 Å². The second-order valence-electron chi connectivity index (χ2n) is 10.5. The number of rotatable bonds is 5. The molecule has 4 fully saturated rings. The molecular formula is C24H42. The average Bonchev–Trinajstić information content (AvgIpc) is 3.02. The minimum atomic E-state index is 0.734. The van der Waals surface area contributed by atoms with Gasteiger partial charge in [0, 0.05) is 0 Å². The molecule has 0 nitrogen and oxygen atoms in total. The van der Waals surface area contributed by atoms with E-state index in [0.29, 0.717) is 0 Å². The Balaban J connectivity index is 1.49. The quantitative estimate of drug-likeness (QED) is 0.452. The third kappa shape index (κ3) is 2.79. The molecule has 0 aromatic heterocycles. The van der Waals surface area contributed by atoms with E-state index in [1.165, 1.54) is 38.5 Å². The van der Waals surface area contributed by atoms with E-state index in [1.807, 2.05) is 0 Å². The predicted octanol–water partition coefficient (Wildman–Crippen LogP) is 7.76. The molecule has 1 unspecified atom stereocenters. The van der Waals surface area contributed by atoms with Crippen LogP contribution in [0, 0.1) is 34.5 Å². The van der Waals surface area contributed by atoms with Crippen LogP contribution >= 0.6 is 0 Å². The van der Waals surface area contributed by atoms with Crippen LogP contribution in [0.1, 0.15) is 117 Å². The zero-order valence-corrected chi connectivity index (χ0v) is 16.6. The molecule has 138 valence electrons. The minimum Gasteiger partial charge on any atom is -0.0654 e. The van der Waals surface area contributed by atoms with Gasteiger partial charge >= 0.3 is 0 Å². The van der Waals surface area contributed by atoms with Crippen molar-refractivity contribution >= 4 is 0 Å². The van der Waals surface area contributed by atoms with Crippen molar-refractivity contribution in [3.05, 3.63) is 0 Å². The molecule has 4 saturated carbocycles. The highest BCUT2D eigenvalue weighted by molar-refractivity contribution is 5.07. The van der Waals surface area contributed by atoms with Crippen LogP contribution in [-0.4, -0.2) is 0 Å². The fourth-order valence-electron chi connectivity index (χ4n) is 8.43. The fourth-order valence-corrected chi connectivity index (χ4v) is 8.43. The van der Waals surface area contributed by atoms with Crippen LogP contribution in [-0.2, 0) is 0 Å². The molecule has 0 bridgehead atoms. The molecule has 0 heterocycles. The summed E-state index contributed by atoms with van der Waals surface area (Å²) in [6.07, 6.45) is 24.8. The van der Waals surface area contributed by atoms with Gasteiger partial charge in [0.25, 0.3) is 0 Å². The van der Waals surface area contributed by atoms with E-state index in [1.54, 1.807) is 64.2 Å². The zero-order chi connectivity index (χ0) is 16.6. The van der Waals surface area contributed by atoms with Crippen molar-refractivity contribution < 1.29 is 0 Å². The maximum Gasteiger partial charge on any atom is -0.0266 e. The summed E-state index contributed by atoms with van der Waals surface area (Å²) in [5.41, 5.74) is 1.53. The molecular weight excluding hydrogens is 288 g/mol. The van der Waals surface area contributed by atoms with Crippen LogP contribution in [0.3, 0.4) is 0 Å². The van der Waals surface area contributed by atoms with E-state index in [9.17, 15) is 0 Å². The fraction of sp³-hybridized carbons (Fsp3) is 1.00. The summed E-state index contributed by atoms with van der Waals surface area (Å²) in [5.74, 6) is 4.43. The van der Waals surface area contributed by atoms with Crippen LogP contribution < -0.4 is 0 Å². The summed E-state index contributed by atoms with van der Waals surface area (Å²) >= 11 is 0. The largest absolute Gasteiger partial charge is 0.0654 e. The van der Waals surface area contributed by atoms with Gasteiger partial charge in [0.1, 0.15) is 0 Å². The Labute approximate surface area is 151 Å². The summed E-state index contributed by atoms with van der Waals surface area (Å²) in [6, 6.07) is 0. The molecule has 0 heteroatoms. The van der Waals surface area contributed by atoms with Gasteiger partial charge in [-0.3, -0.25) is 0 Å². The smallest absolute Gasteiger partial charge is 0.0266 e. The number of fused-ring (bicyclic) bond motifs is 5. The first-order valence-corrected chi connectivity index (χ1v) is 11.7. The Kier molecular flexibility index (Phi) is 5.05. The van der Waals surface area contributed by atoms with Crippen LogP contribution in [0.15, 0.2) is 0 Å². The third-order valence-electron chi connectivity index (χ3n) is 9.64. The van der Waals surface area contributed by atoms with Crippen LogP contribution in [0.25, 0.3) is 0 Å². The SMILES string of the molecule is CCCCCC[C@@]12CCC[C@H]1[C@@H]1CCC3CCCC[C@]3(C)[C@H]1CC2. The maximum absolute atomic E-state index is 2.73. The standard InChI is InChI=1S/C24H42/c1-3-4-5-7-16-24-17-9-11-22(24)20-13-12-19-10-6-8-15-23(19,2)21(20)14-18-24/h19-22H,3-18H2,1-2H3/t19?,20-,21+,22+,23+,24+/m1/s1. The van der Waals surface area contributed by atoms with Crippen molar-refractivity contribution in [2.24, 2.45) is 34.5 Å². The highest BCUT2D eigenvalue weighted by atomic mass is 14.6. The molecule has 0 N–H and O–H groups in total. The molecule has 0 aromatic carbocycles. The topological polar surface area (TPSA) is 0 Å². The summed E-state index contributed by atoms with van der Waals surface area (Å²) in [7, 11) is 0. The average molecular weight is 331 g/mol. The second kappa shape index (κ2) is 6.96. The van der Waals surface area contributed by atoms with Gasteiger partial charge in [0.15, 0.2) is 0 Å². The van der Waals surface area contributed by atoms with Gasteiger partial charge in [-0.25, -0.2) is 0 Å². The lowest BCUT2D eigenvalue weighted by Gasteiger charge is -2.60. The van der Waals surface area contributed by atoms with E-state index < -0.39 is 0 Å². The van der Waals surface area contributed by atoms with Crippen molar-refractivity contribution in [3.63, 3.8) is 0 Å². The summed E-state index contributed by atoms with van der Waals surface area (Å²) < 4.78 is 0. The molecule has 0 radical (unpaired) electrons. The molecule has 4 aliphatic rings. The van der Waals surface area contributed by atoms with E-state index in [-0.39, 0.29) is 0 Å². The van der Waals surface area contributed by atoms with Crippen LogP contribution in [0.4, 0.5) is 0 Å². The van der Waals surface area contributed by atoms with E-state index in [4.69, 9.17) is 0 Å². The molecule has 0 spiro atoms. The van der Waals surface area contributed by atoms with Gasteiger partial charge in [-0.2, -0.15) is 0 Å². The highest BCUT2D eigenvalue weighted by Gasteiger charge is 2.58. The molecule has 4 rings (SSSR count). The van der Waals surface area contributed by atoms with Gasteiger partial charge in [-0.05, 0) is 92.3 Å². The van der Waals surface area contributed by atoms with Gasteiger partial charge in [-0.1, -0.05) is 58.8 Å². The monoisotopic (exact) mass is 330 g/mol. The normalized spacial score (nSPS) is 47.8.